The summed E-state index contributed by atoms with van der Waals surface area (Å²) in [5.74, 6) is -0.289. The molecular weight excluding hydrogens is 237 g/mol. The Morgan fingerprint density at radius 1 is 1.39 bits per heavy atom. The summed E-state index contributed by atoms with van der Waals surface area (Å²) in [6.45, 7) is 0.669. The molecule has 0 fully saturated rings. The maximum absolute atomic E-state index is 12.8. The third-order valence-electron chi connectivity index (χ3n) is 2.51. The molecule has 1 aromatic carbocycles. The van der Waals surface area contributed by atoms with E-state index in [1.807, 2.05) is 0 Å². The smallest absolute Gasteiger partial charge is 0.172 e. The van der Waals surface area contributed by atoms with E-state index in [0.717, 1.165) is 5.56 Å². The van der Waals surface area contributed by atoms with Gasteiger partial charge in [-0.1, -0.05) is 17.3 Å². The van der Waals surface area contributed by atoms with Crippen LogP contribution < -0.4 is 0 Å². The normalized spacial score (nSPS) is 10.6. The quantitative estimate of drug-likeness (QED) is 0.752. The number of carbonyl (C=O) groups excluding carboxylic acids is 1. The number of methoxy groups -OCH3 is 1. The molecule has 0 bridgehead atoms. The first-order chi connectivity index (χ1) is 8.74. The van der Waals surface area contributed by atoms with Crippen LogP contribution in [0.2, 0.25) is 0 Å². The van der Waals surface area contributed by atoms with Crippen molar-refractivity contribution < 1.29 is 13.9 Å². The third-order valence-corrected chi connectivity index (χ3v) is 2.51. The number of aromatic nitrogens is 3. The molecule has 6 heteroatoms. The number of rotatable bonds is 5. The van der Waals surface area contributed by atoms with Crippen molar-refractivity contribution in [2.24, 2.45) is 0 Å². The van der Waals surface area contributed by atoms with E-state index >= 15 is 0 Å². The molecule has 94 valence electrons. The lowest BCUT2D eigenvalue weighted by atomic mass is 10.2. The fourth-order valence-electron chi connectivity index (χ4n) is 1.61. The van der Waals surface area contributed by atoms with Crippen molar-refractivity contribution in [1.29, 1.82) is 0 Å². The summed E-state index contributed by atoms with van der Waals surface area (Å²) in [6, 6.07) is 6.08. The van der Waals surface area contributed by atoms with Gasteiger partial charge in [0.2, 0.25) is 0 Å². The van der Waals surface area contributed by atoms with E-state index in [4.69, 9.17) is 4.74 Å². The molecule has 0 spiro atoms. The Labute approximate surface area is 103 Å². The number of nitrogens with zero attached hydrogens (tertiary/aromatic N) is 3. The number of ether oxygens (including phenoxy) is 1. The zero-order valence-electron chi connectivity index (χ0n) is 9.84. The van der Waals surface area contributed by atoms with E-state index in [1.165, 1.54) is 19.2 Å². The zero-order chi connectivity index (χ0) is 13.0. The summed E-state index contributed by atoms with van der Waals surface area (Å²) < 4.78 is 19.4. The maximum atomic E-state index is 12.8. The Morgan fingerprint density at radius 3 is 2.72 bits per heavy atom. The van der Waals surface area contributed by atoms with Gasteiger partial charge >= 0.3 is 0 Å². The number of benzene rings is 1. The predicted molar refractivity (Wildman–Crippen MR) is 61.6 cm³/mol. The van der Waals surface area contributed by atoms with Gasteiger partial charge in [-0.3, -0.25) is 4.79 Å². The first kappa shape index (κ1) is 12.4. The number of hydrogen-bond donors (Lipinski definition) is 0. The SMILES string of the molecule is COCc1c(C=O)nnn1Cc1ccc(F)cc1. The second kappa shape index (κ2) is 5.50. The Bertz CT molecular complexity index is 537. The molecular formula is C12H12FN3O2. The van der Waals surface area contributed by atoms with Crippen molar-refractivity contribution in [2.45, 2.75) is 13.2 Å². The molecule has 0 aliphatic rings. The van der Waals surface area contributed by atoms with Gasteiger partial charge in [-0.05, 0) is 17.7 Å². The molecule has 0 aliphatic heterocycles. The first-order valence-corrected chi connectivity index (χ1v) is 5.35. The number of halogens is 1. The van der Waals surface area contributed by atoms with Gasteiger partial charge in [0, 0.05) is 7.11 Å². The summed E-state index contributed by atoms with van der Waals surface area (Å²) in [7, 11) is 1.53. The molecule has 1 heterocycles. The van der Waals surface area contributed by atoms with E-state index in [2.05, 4.69) is 10.3 Å². The lowest BCUT2D eigenvalue weighted by Gasteiger charge is -2.06. The highest BCUT2D eigenvalue weighted by atomic mass is 19.1. The molecule has 0 amide bonds. The number of aldehydes is 1. The van der Waals surface area contributed by atoms with Crippen LogP contribution in [0.4, 0.5) is 4.39 Å². The Balaban J connectivity index is 2.25. The van der Waals surface area contributed by atoms with Gasteiger partial charge in [0.25, 0.3) is 0 Å². The molecule has 0 N–H and O–H groups in total. The summed E-state index contributed by atoms with van der Waals surface area (Å²) >= 11 is 0. The topological polar surface area (TPSA) is 57.0 Å². The summed E-state index contributed by atoms with van der Waals surface area (Å²) in [5, 5.41) is 7.64. The van der Waals surface area contributed by atoms with Crippen molar-refractivity contribution in [3.05, 3.63) is 47.0 Å². The van der Waals surface area contributed by atoms with Crippen LogP contribution in [0.5, 0.6) is 0 Å². The largest absolute Gasteiger partial charge is 0.378 e. The molecule has 0 saturated carbocycles. The standard InChI is InChI=1S/C12H12FN3O2/c1-18-8-12-11(7-17)14-15-16(12)6-9-2-4-10(13)5-3-9/h2-5,7H,6,8H2,1H3. The highest BCUT2D eigenvalue weighted by Crippen LogP contribution is 2.09. The van der Waals surface area contributed by atoms with Crippen LogP contribution >= 0.6 is 0 Å². The predicted octanol–water partition coefficient (Wildman–Crippen LogP) is 1.42. The van der Waals surface area contributed by atoms with Gasteiger partial charge in [-0.25, -0.2) is 9.07 Å². The van der Waals surface area contributed by atoms with Crippen molar-refractivity contribution in [1.82, 2.24) is 15.0 Å². The van der Waals surface area contributed by atoms with Crippen LogP contribution in [-0.2, 0) is 17.9 Å². The average molecular weight is 249 g/mol. The highest BCUT2D eigenvalue weighted by Gasteiger charge is 2.12. The van der Waals surface area contributed by atoms with E-state index in [-0.39, 0.29) is 18.1 Å². The molecule has 0 aliphatic carbocycles. The lowest BCUT2D eigenvalue weighted by molar-refractivity contribution is 0.111. The van der Waals surface area contributed by atoms with Crippen molar-refractivity contribution in [3.8, 4) is 0 Å². The van der Waals surface area contributed by atoms with Gasteiger partial charge in [0.05, 0.1) is 18.8 Å². The maximum Gasteiger partial charge on any atom is 0.172 e. The van der Waals surface area contributed by atoms with Crippen LogP contribution in [0.3, 0.4) is 0 Å². The third kappa shape index (κ3) is 2.60. The second-order valence-electron chi connectivity index (χ2n) is 3.76. The van der Waals surface area contributed by atoms with E-state index in [1.54, 1.807) is 16.8 Å². The Morgan fingerprint density at radius 2 is 2.11 bits per heavy atom. The van der Waals surface area contributed by atoms with Gasteiger partial charge < -0.3 is 4.74 Å². The molecule has 0 unspecified atom stereocenters. The van der Waals surface area contributed by atoms with Gasteiger partial charge in [0.15, 0.2) is 12.0 Å². The van der Waals surface area contributed by atoms with Gasteiger partial charge in [0.1, 0.15) is 5.82 Å². The van der Waals surface area contributed by atoms with E-state index in [0.29, 0.717) is 18.5 Å². The fourth-order valence-corrected chi connectivity index (χ4v) is 1.61. The van der Waals surface area contributed by atoms with Gasteiger partial charge in [-0.15, -0.1) is 5.10 Å². The fraction of sp³-hybridized carbons (Fsp3) is 0.250. The summed E-state index contributed by atoms with van der Waals surface area (Å²) in [6.07, 6.45) is 0.641. The lowest BCUT2D eigenvalue weighted by Crippen LogP contribution is -2.08. The number of carbonyl (C=O) groups is 1. The average Bonchev–Trinajstić information content (AvgIpc) is 2.75. The molecule has 0 saturated heterocycles. The van der Waals surface area contributed by atoms with Crippen LogP contribution in [0.15, 0.2) is 24.3 Å². The van der Waals surface area contributed by atoms with Crippen molar-refractivity contribution in [2.75, 3.05) is 7.11 Å². The van der Waals surface area contributed by atoms with Gasteiger partial charge in [-0.2, -0.15) is 0 Å². The molecule has 0 radical (unpaired) electrons. The van der Waals surface area contributed by atoms with Crippen LogP contribution in [-0.4, -0.2) is 28.4 Å². The molecule has 1 aromatic heterocycles. The Hall–Kier alpha value is -2.08. The second-order valence-corrected chi connectivity index (χ2v) is 3.76. The molecule has 2 rings (SSSR count). The zero-order valence-corrected chi connectivity index (χ0v) is 9.84. The molecule has 0 atom stereocenters. The molecule has 5 nitrogen and oxygen atoms in total. The monoisotopic (exact) mass is 249 g/mol. The highest BCUT2D eigenvalue weighted by molar-refractivity contribution is 5.73. The van der Waals surface area contributed by atoms with Crippen LogP contribution in [0.25, 0.3) is 0 Å². The van der Waals surface area contributed by atoms with Crippen LogP contribution in [0.1, 0.15) is 21.7 Å². The summed E-state index contributed by atoms with van der Waals surface area (Å²) in [5.41, 5.74) is 1.74. The van der Waals surface area contributed by atoms with Crippen molar-refractivity contribution >= 4 is 6.29 Å². The van der Waals surface area contributed by atoms with E-state index in [9.17, 15) is 9.18 Å². The van der Waals surface area contributed by atoms with Crippen molar-refractivity contribution in [3.63, 3.8) is 0 Å². The molecule has 18 heavy (non-hydrogen) atoms. The first-order valence-electron chi connectivity index (χ1n) is 5.35. The minimum Gasteiger partial charge on any atom is -0.378 e. The minimum atomic E-state index is -0.289. The van der Waals surface area contributed by atoms with E-state index < -0.39 is 0 Å². The summed E-state index contributed by atoms with van der Waals surface area (Å²) in [4.78, 5) is 10.8. The van der Waals surface area contributed by atoms with Crippen LogP contribution in [0, 0.1) is 5.82 Å². The molecule has 2 aromatic rings. The number of hydrogen-bond acceptors (Lipinski definition) is 4. The Kier molecular flexibility index (Phi) is 3.78. The minimum absolute atomic E-state index is 0.252.